The van der Waals surface area contributed by atoms with Crippen molar-refractivity contribution in [2.45, 2.75) is 17.5 Å². The van der Waals surface area contributed by atoms with Gasteiger partial charge in [0.15, 0.2) is 0 Å². The molecular formula is C20H17F3N2O3S2. The van der Waals surface area contributed by atoms with Crippen molar-refractivity contribution in [2.75, 3.05) is 11.9 Å². The molecule has 30 heavy (non-hydrogen) atoms. The molecule has 0 spiro atoms. The van der Waals surface area contributed by atoms with E-state index < -0.39 is 27.7 Å². The first-order valence-electron chi connectivity index (χ1n) is 8.76. The lowest BCUT2D eigenvalue weighted by atomic mass is 10.2. The second-order valence-corrected chi connectivity index (χ2v) is 9.08. The van der Waals surface area contributed by atoms with Gasteiger partial charge in [-0.05, 0) is 66.4 Å². The third kappa shape index (κ3) is 5.68. The number of hydrogen-bond acceptors (Lipinski definition) is 4. The van der Waals surface area contributed by atoms with Crippen LogP contribution in [0.4, 0.5) is 18.9 Å². The lowest BCUT2D eigenvalue weighted by Gasteiger charge is -2.10. The maximum absolute atomic E-state index is 12.6. The van der Waals surface area contributed by atoms with Crippen molar-refractivity contribution in [2.24, 2.45) is 0 Å². The van der Waals surface area contributed by atoms with Crippen molar-refractivity contribution in [3.05, 3.63) is 82.0 Å². The van der Waals surface area contributed by atoms with Crippen LogP contribution in [0.15, 0.2) is 70.9 Å². The highest BCUT2D eigenvalue weighted by atomic mass is 32.2. The van der Waals surface area contributed by atoms with E-state index in [2.05, 4.69) is 10.0 Å². The molecule has 0 aliphatic heterocycles. The molecule has 0 unspecified atom stereocenters. The van der Waals surface area contributed by atoms with E-state index in [-0.39, 0.29) is 22.7 Å². The minimum Gasteiger partial charge on any atom is -0.322 e. The van der Waals surface area contributed by atoms with Crippen molar-refractivity contribution in [1.29, 1.82) is 0 Å². The quantitative estimate of drug-likeness (QED) is 0.550. The summed E-state index contributed by atoms with van der Waals surface area (Å²) in [6.45, 7) is 0.249. The zero-order valence-corrected chi connectivity index (χ0v) is 17.1. The molecule has 1 heterocycles. The molecule has 10 heteroatoms. The van der Waals surface area contributed by atoms with E-state index in [1.54, 1.807) is 11.3 Å². The molecule has 2 aromatic carbocycles. The summed E-state index contributed by atoms with van der Waals surface area (Å²) in [5.41, 5.74) is -0.450. The van der Waals surface area contributed by atoms with E-state index in [1.165, 1.54) is 24.3 Å². The summed E-state index contributed by atoms with van der Waals surface area (Å²) in [5.74, 6) is -0.565. The summed E-state index contributed by atoms with van der Waals surface area (Å²) >= 11 is 1.54. The predicted molar refractivity (Wildman–Crippen MR) is 109 cm³/mol. The van der Waals surface area contributed by atoms with Crippen LogP contribution in [0.5, 0.6) is 0 Å². The van der Waals surface area contributed by atoms with Crippen LogP contribution in [0, 0.1) is 0 Å². The van der Waals surface area contributed by atoms with Gasteiger partial charge < -0.3 is 5.32 Å². The molecule has 1 amide bonds. The molecule has 1 aromatic heterocycles. The molecule has 158 valence electrons. The zero-order chi connectivity index (χ0) is 21.8. The Kier molecular flexibility index (Phi) is 6.59. The van der Waals surface area contributed by atoms with Crippen molar-refractivity contribution in [3.8, 4) is 0 Å². The second-order valence-electron chi connectivity index (χ2n) is 6.28. The van der Waals surface area contributed by atoms with Gasteiger partial charge in [0.25, 0.3) is 5.91 Å². The maximum atomic E-state index is 12.6. The van der Waals surface area contributed by atoms with E-state index in [0.717, 1.165) is 29.1 Å². The Morgan fingerprint density at radius 1 is 0.967 bits per heavy atom. The Bertz CT molecular complexity index is 1090. The van der Waals surface area contributed by atoms with Crippen LogP contribution in [0.3, 0.4) is 0 Å². The average Bonchev–Trinajstić information content (AvgIpc) is 3.21. The Labute approximate surface area is 175 Å². The highest BCUT2D eigenvalue weighted by Gasteiger charge is 2.30. The Morgan fingerprint density at radius 2 is 1.63 bits per heavy atom. The molecule has 2 N–H and O–H groups in total. The smallest absolute Gasteiger partial charge is 0.322 e. The van der Waals surface area contributed by atoms with Gasteiger partial charge in [-0.3, -0.25) is 4.79 Å². The number of thiophene rings is 1. The van der Waals surface area contributed by atoms with Gasteiger partial charge in [-0.2, -0.15) is 13.2 Å². The topological polar surface area (TPSA) is 75.3 Å². The van der Waals surface area contributed by atoms with Crippen molar-refractivity contribution in [1.82, 2.24) is 4.72 Å². The maximum Gasteiger partial charge on any atom is 0.416 e. The van der Waals surface area contributed by atoms with Crippen LogP contribution < -0.4 is 10.0 Å². The van der Waals surface area contributed by atoms with Crippen molar-refractivity contribution < 1.29 is 26.4 Å². The normalized spacial score (nSPS) is 12.0. The predicted octanol–water partition coefficient (Wildman–Crippen LogP) is 4.54. The van der Waals surface area contributed by atoms with Gasteiger partial charge in [-0.1, -0.05) is 6.07 Å². The number of alkyl halides is 3. The Morgan fingerprint density at radius 3 is 2.20 bits per heavy atom. The summed E-state index contributed by atoms with van der Waals surface area (Å²) in [6, 6.07) is 13.1. The van der Waals surface area contributed by atoms with Gasteiger partial charge in [0, 0.05) is 22.7 Å². The van der Waals surface area contributed by atoms with Crippen LogP contribution in [-0.4, -0.2) is 20.9 Å². The van der Waals surface area contributed by atoms with Crippen LogP contribution in [0.25, 0.3) is 0 Å². The summed E-state index contributed by atoms with van der Waals surface area (Å²) in [4.78, 5) is 13.3. The summed E-state index contributed by atoms with van der Waals surface area (Å²) in [7, 11) is -3.72. The summed E-state index contributed by atoms with van der Waals surface area (Å²) < 4.78 is 65.0. The highest BCUT2D eigenvalue weighted by Crippen LogP contribution is 2.29. The summed E-state index contributed by atoms with van der Waals surface area (Å²) in [6.07, 6.45) is -3.88. The number of hydrogen-bond donors (Lipinski definition) is 2. The standard InChI is InChI=1S/C20H17F3N2O3S2/c21-20(22,23)15-5-7-16(8-6-15)25-19(26)14-3-9-18(10-4-14)30(27,28)24-12-11-17-2-1-13-29-17/h1-10,13,24H,11-12H2,(H,25,26). The van der Waals surface area contributed by atoms with Gasteiger partial charge in [0.2, 0.25) is 10.0 Å². The highest BCUT2D eigenvalue weighted by molar-refractivity contribution is 7.89. The molecule has 0 aliphatic carbocycles. The fourth-order valence-corrected chi connectivity index (χ4v) is 4.32. The molecule has 3 rings (SSSR count). The SMILES string of the molecule is O=C(Nc1ccc(C(F)(F)F)cc1)c1ccc(S(=O)(=O)NCCc2cccs2)cc1. The molecule has 5 nitrogen and oxygen atoms in total. The lowest BCUT2D eigenvalue weighted by Crippen LogP contribution is -2.26. The van der Waals surface area contributed by atoms with E-state index >= 15 is 0 Å². The van der Waals surface area contributed by atoms with Gasteiger partial charge >= 0.3 is 6.18 Å². The third-order valence-electron chi connectivity index (χ3n) is 4.14. The largest absolute Gasteiger partial charge is 0.416 e. The number of anilines is 1. The number of rotatable bonds is 7. The molecule has 0 bridgehead atoms. The van der Waals surface area contributed by atoms with Gasteiger partial charge in [0.1, 0.15) is 0 Å². The van der Waals surface area contributed by atoms with Crippen molar-refractivity contribution in [3.63, 3.8) is 0 Å². The van der Waals surface area contributed by atoms with Gasteiger partial charge in [-0.15, -0.1) is 11.3 Å². The number of sulfonamides is 1. The second kappa shape index (κ2) is 8.99. The lowest BCUT2D eigenvalue weighted by molar-refractivity contribution is -0.137. The monoisotopic (exact) mass is 454 g/mol. The fraction of sp³-hybridized carbons (Fsp3) is 0.150. The first-order chi connectivity index (χ1) is 14.1. The Hall–Kier alpha value is -2.69. The molecule has 0 fully saturated rings. The molecule has 3 aromatic rings. The number of halogens is 3. The number of carbonyl (C=O) groups excluding carboxylic acids is 1. The van der Waals surface area contributed by atoms with E-state index in [4.69, 9.17) is 0 Å². The number of benzene rings is 2. The van der Waals surface area contributed by atoms with Gasteiger partial charge in [-0.25, -0.2) is 13.1 Å². The first-order valence-corrected chi connectivity index (χ1v) is 11.1. The minimum atomic E-state index is -4.46. The summed E-state index contributed by atoms with van der Waals surface area (Å²) in [5, 5.41) is 4.39. The van der Waals surface area contributed by atoms with Crippen LogP contribution >= 0.6 is 11.3 Å². The van der Waals surface area contributed by atoms with E-state index in [0.29, 0.717) is 6.42 Å². The van der Waals surface area contributed by atoms with E-state index in [1.807, 2.05) is 17.5 Å². The van der Waals surface area contributed by atoms with Crippen LogP contribution in [0.2, 0.25) is 0 Å². The molecule has 0 atom stereocenters. The van der Waals surface area contributed by atoms with Crippen LogP contribution in [-0.2, 0) is 22.6 Å². The number of carbonyl (C=O) groups is 1. The van der Waals surface area contributed by atoms with E-state index in [9.17, 15) is 26.4 Å². The fourth-order valence-electron chi connectivity index (χ4n) is 2.58. The first kappa shape index (κ1) is 22.0. The van der Waals surface area contributed by atoms with Crippen LogP contribution in [0.1, 0.15) is 20.8 Å². The average molecular weight is 454 g/mol. The zero-order valence-electron chi connectivity index (χ0n) is 15.4. The van der Waals surface area contributed by atoms with Gasteiger partial charge in [0.05, 0.1) is 10.5 Å². The molecular weight excluding hydrogens is 437 g/mol. The Balaban J connectivity index is 1.60. The third-order valence-corrected chi connectivity index (χ3v) is 6.55. The molecule has 0 radical (unpaired) electrons. The minimum absolute atomic E-state index is 0.0137. The molecule has 0 saturated carbocycles. The molecule has 0 saturated heterocycles. The number of nitrogens with one attached hydrogen (secondary N) is 2. The number of amides is 1. The van der Waals surface area contributed by atoms with Crippen molar-refractivity contribution >= 4 is 33.0 Å². The molecule has 0 aliphatic rings.